The highest BCUT2D eigenvalue weighted by atomic mass is 16.6. The largest absolute Gasteiger partial charge is 0.484 e. The molecule has 0 aromatic heterocycles. The number of anilines is 1. The van der Waals surface area contributed by atoms with Crippen molar-refractivity contribution in [3.05, 3.63) is 28.3 Å². The van der Waals surface area contributed by atoms with E-state index in [1.165, 1.54) is 0 Å². The first kappa shape index (κ1) is 17.2. The smallest absolute Gasteiger partial charge is 0.333 e. The zero-order valence-corrected chi connectivity index (χ0v) is 13.0. The summed E-state index contributed by atoms with van der Waals surface area (Å²) < 4.78 is 5.51. The van der Waals surface area contributed by atoms with Gasteiger partial charge in [0.1, 0.15) is 5.69 Å². The van der Waals surface area contributed by atoms with Gasteiger partial charge in [0.05, 0.1) is 11.0 Å². The van der Waals surface area contributed by atoms with Crippen LogP contribution in [0, 0.1) is 15.5 Å². The Morgan fingerprint density at radius 2 is 2.10 bits per heavy atom. The second kappa shape index (κ2) is 7.26. The van der Waals surface area contributed by atoms with Crippen LogP contribution in [0.4, 0.5) is 11.4 Å². The van der Waals surface area contributed by atoms with Crippen molar-refractivity contribution >= 4 is 11.4 Å². The Morgan fingerprint density at radius 3 is 2.62 bits per heavy atom. The van der Waals surface area contributed by atoms with Crippen LogP contribution in [0.3, 0.4) is 0 Å². The molecule has 0 amide bonds. The summed E-state index contributed by atoms with van der Waals surface area (Å²) in [5.74, 6) is 0.264. The molecule has 0 fully saturated rings. The quantitative estimate of drug-likeness (QED) is 0.568. The third-order valence-corrected chi connectivity index (χ3v) is 3.09. The molecule has 0 saturated carbocycles. The average Bonchev–Trinajstić information content (AvgIpc) is 2.35. The van der Waals surface area contributed by atoms with E-state index in [9.17, 15) is 10.1 Å². The average molecular weight is 296 g/mol. The van der Waals surface area contributed by atoms with Gasteiger partial charge in [-0.1, -0.05) is 19.9 Å². The fourth-order valence-corrected chi connectivity index (χ4v) is 1.93. The van der Waals surface area contributed by atoms with Crippen molar-refractivity contribution in [1.82, 2.24) is 0 Å². The summed E-state index contributed by atoms with van der Waals surface area (Å²) in [6.45, 7) is 8.27. The van der Waals surface area contributed by atoms with E-state index in [0.717, 1.165) is 0 Å². The third-order valence-electron chi connectivity index (χ3n) is 3.09. The summed E-state index contributed by atoms with van der Waals surface area (Å²) in [6, 6.07) is 4.99. The van der Waals surface area contributed by atoms with Crippen molar-refractivity contribution in [2.45, 2.75) is 40.2 Å². The van der Waals surface area contributed by atoms with Crippen LogP contribution in [-0.2, 0) is 0 Å². The highest BCUT2D eigenvalue weighted by Crippen LogP contribution is 2.36. The van der Waals surface area contributed by atoms with Gasteiger partial charge in [0, 0.05) is 13.2 Å². The van der Waals surface area contributed by atoms with Gasteiger partial charge in [-0.3, -0.25) is 10.1 Å². The number of aliphatic hydroxyl groups is 1. The first-order chi connectivity index (χ1) is 9.76. The predicted molar refractivity (Wildman–Crippen MR) is 82.8 cm³/mol. The number of benzene rings is 1. The van der Waals surface area contributed by atoms with E-state index in [1.54, 1.807) is 18.2 Å². The van der Waals surface area contributed by atoms with Crippen molar-refractivity contribution in [3.63, 3.8) is 0 Å². The predicted octanol–water partition coefficient (Wildman–Crippen LogP) is 3.20. The first-order valence-corrected chi connectivity index (χ1v) is 7.05. The van der Waals surface area contributed by atoms with Crippen LogP contribution in [0.25, 0.3) is 0 Å². The lowest BCUT2D eigenvalue weighted by molar-refractivity contribution is -0.385. The summed E-state index contributed by atoms with van der Waals surface area (Å²) in [4.78, 5) is 10.9. The lowest BCUT2D eigenvalue weighted by Gasteiger charge is -2.24. The SMILES string of the molecule is CC(C)Oc1cccc(NCC(C)(C)CCO)c1[N+](=O)[O-]. The minimum absolute atomic E-state index is 0.0500. The Balaban J connectivity index is 2.99. The Morgan fingerprint density at radius 1 is 1.43 bits per heavy atom. The highest BCUT2D eigenvalue weighted by molar-refractivity contribution is 5.68. The van der Waals surface area contributed by atoms with E-state index in [-0.39, 0.29) is 29.6 Å². The first-order valence-electron chi connectivity index (χ1n) is 7.05. The van der Waals surface area contributed by atoms with Crippen molar-refractivity contribution in [2.24, 2.45) is 5.41 Å². The zero-order valence-electron chi connectivity index (χ0n) is 13.0. The number of aliphatic hydroxyl groups excluding tert-OH is 1. The van der Waals surface area contributed by atoms with Crippen LogP contribution < -0.4 is 10.1 Å². The fourth-order valence-electron chi connectivity index (χ4n) is 1.93. The van der Waals surface area contributed by atoms with Gasteiger partial charge in [-0.05, 0) is 37.8 Å². The number of nitrogens with zero attached hydrogens (tertiary/aromatic N) is 1. The molecular formula is C15H24N2O4. The lowest BCUT2D eigenvalue weighted by atomic mass is 9.89. The fraction of sp³-hybridized carbons (Fsp3) is 0.600. The molecule has 118 valence electrons. The second-order valence-corrected chi connectivity index (χ2v) is 6.07. The number of hydrogen-bond donors (Lipinski definition) is 2. The number of nitro groups is 1. The molecule has 1 rings (SSSR count). The maximum Gasteiger partial charge on any atom is 0.333 e. The summed E-state index contributed by atoms with van der Waals surface area (Å²) >= 11 is 0. The molecule has 2 N–H and O–H groups in total. The Labute approximate surface area is 125 Å². The maximum atomic E-state index is 11.3. The number of ether oxygens (including phenoxy) is 1. The molecule has 6 heteroatoms. The number of hydrogen-bond acceptors (Lipinski definition) is 5. The van der Waals surface area contributed by atoms with Gasteiger partial charge in [0.15, 0.2) is 5.75 Å². The molecule has 0 bridgehead atoms. The van der Waals surface area contributed by atoms with E-state index in [1.807, 2.05) is 27.7 Å². The summed E-state index contributed by atoms with van der Waals surface area (Å²) in [6.07, 6.45) is 0.487. The minimum atomic E-state index is -0.431. The van der Waals surface area contributed by atoms with Gasteiger partial charge >= 0.3 is 5.69 Å². The highest BCUT2D eigenvalue weighted by Gasteiger charge is 2.24. The molecule has 0 radical (unpaired) electrons. The van der Waals surface area contributed by atoms with Crippen LogP contribution in [0.15, 0.2) is 18.2 Å². The molecule has 0 spiro atoms. The van der Waals surface area contributed by atoms with Gasteiger partial charge in [0.2, 0.25) is 0 Å². The van der Waals surface area contributed by atoms with E-state index in [4.69, 9.17) is 9.84 Å². The van der Waals surface area contributed by atoms with Crippen LogP contribution >= 0.6 is 0 Å². The summed E-state index contributed by atoms with van der Waals surface area (Å²) in [5.41, 5.74) is 0.229. The monoisotopic (exact) mass is 296 g/mol. The van der Waals surface area contributed by atoms with Crippen LogP contribution in [0.1, 0.15) is 34.1 Å². The van der Waals surface area contributed by atoms with E-state index < -0.39 is 4.92 Å². The summed E-state index contributed by atoms with van der Waals surface area (Å²) in [5, 5.41) is 23.4. The number of para-hydroxylation sites is 1. The lowest BCUT2D eigenvalue weighted by Crippen LogP contribution is -2.24. The molecule has 0 heterocycles. The summed E-state index contributed by atoms with van der Waals surface area (Å²) in [7, 11) is 0. The maximum absolute atomic E-state index is 11.3. The van der Waals surface area contributed by atoms with Crippen molar-refractivity contribution in [2.75, 3.05) is 18.5 Å². The van der Waals surface area contributed by atoms with Gasteiger partial charge in [-0.25, -0.2) is 0 Å². The van der Waals surface area contributed by atoms with Crippen molar-refractivity contribution in [3.8, 4) is 5.75 Å². The van der Waals surface area contributed by atoms with Gasteiger partial charge in [0.25, 0.3) is 0 Å². The molecule has 0 atom stereocenters. The molecule has 0 aliphatic carbocycles. The Bertz CT molecular complexity index is 487. The molecule has 1 aromatic rings. The number of nitrogens with one attached hydrogen (secondary N) is 1. The molecular weight excluding hydrogens is 272 g/mol. The van der Waals surface area contributed by atoms with Crippen molar-refractivity contribution < 1.29 is 14.8 Å². The number of rotatable bonds is 8. The molecule has 0 aliphatic heterocycles. The van der Waals surface area contributed by atoms with E-state index >= 15 is 0 Å². The Hall–Kier alpha value is -1.82. The van der Waals surface area contributed by atoms with Crippen LogP contribution in [-0.4, -0.2) is 29.3 Å². The van der Waals surface area contributed by atoms with E-state index in [0.29, 0.717) is 18.7 Å². The van der Waals surface area contributed by atoms with Gasteiger partial charge < -0.3 is 15.2 Å². The molecule has 0 unspecified atom stereocenters. The van der Waals surface area contributed by atoms with Gasteiger partial charge in [-0.2, -0.15) is 0 Å². The third kappa shape index (κ3) is 5.23. The molecule has 21 heavy (non-hydrogen) atoms. The molecule has 6 nitrogen and oxygen atoms in total. The topological polar surface area (TPSA) is 84.6 Å². The van der Waals surface area contributed by atoms with Crippen LogP contribution in [0.2, 0.25) is 0 Å². The molecule has 0 saturated heterocycles. The normalized spacial score (nSPS) is 11.5. The second-order valence-electron chi connectivity index (χ2n) is 6.07. The molecule has 1 aromatic carbocycles. The van der Waals surface area contributed by atoms with E-state index in [2.05, 4.69) is 5.32 Å². The van der Waals surface area contributed by atoms with Crippen molar-refractivity contribution in [1.29, 1.82) is 0 Å². The van der Waals surface area contributed by atoms with Crippen LogP contribution in [0.5, 0.6) is 5.75 Å². The Kier molecular flexibility index (Phi) is 5.96. The number of nitro benzene ring substituents is 1. The minimum Gasteiger partial charge on any atom is -0.484 e. The van der Waals surface area contributed by atoms with Gasteiger partial charge in [-0.15, -0.1) is 0 Å². The zero-order chi connectivity index (χ0) is 16.0. The molecule has 0 aliphatic rings. The standard InChI is InChI=1S/C15H24N2O4/c1-11(2)21-13-7-5-6-12(14(13)17(19)20)16-10-15(3,4)8-9-18/h5-7,11,16,18H,8-10H2,1-4H3.